The third-order valence-corrected chi connectivity index (χ3v) is 5.03. The largest absolute Gasteiger partial charge is 0.480 e. The van der Waals surface area contributed by atoms with Crippen LogP contribution >= 0.6 is 0 Å². The van der Waals surface area contributed by atoms with E-state index < -0.39 is 18.1 Å². The number of ether oxygens (including phenoxy) is 1. The molecule has 0 radical (unpaired) electrons. The predicted molar refractivity (Wildman–Crippen MR) is 118 cm³/mol. The highest BCUT2D eigenvalue weighted by Crippen LogP contribution is 2.27. The van der Waals surface area contributed by atoms with E-state index in [1.54, 1.807) is 18.2 Å². The number of methoxy groups -OCH3 is 1. The quantitative estimate of drug-likeness (QED) is 0.483. The first-order chi connectivity index (χ1) is 15.1. The molecule has 156 valence electrons. The van der Waals surface area contributed by atoms with E-state index in [0.29, 0.717) is 22.5 Å². The lowest BCUT2D eigenvalue weighted by atomic mass is 10.0. The van der Waals surface area contributed by atoms with Gasteiger partial charge in [-0.3, -0.25) is 4.90 Å². The average Bonchev–Trinajstić information content (AvgIpc) is 3.23. The number of carboxylic acids is 1. The van der Waals surface area contributed by atoms with Gasteiger partial charge in [0.25, 0.3) is 0 Å². The van der Waals surface area contributed by atoms with Crippen molar-refractivity contribution in [1.29, 1.82) is 0 Å². The van der Waals surface area contributed by atoms with Crippen molar-refractivity contribution >= 4 is 28.8 Å². The molecule has 0 aliphatic heterocycles. The number of rotatable bonds is 6. The molecule has 1 amide bonds. The van der Waals surface area contributed by atoms with Crippen molar-refractivity contribution in [3.05, 3.63) is 84.4 Å². The number of carbonyl (C=O) groups excluding carboxylic acids is 1. The van der Waals surface area contributed by atoms with Gasteiger partial charge in [-0.05, 0) is 23.8 Å². The first-order valence-electron chi connectivity index (χ1n) is 9.76. The van der Waals surface area contributed by atoms with E-state index >= 15 is 0 Å². The van der Waals surface area contributed by atoms with Gasteiger partial charge in [0, 0.05) is 12.0 Å². The molecule has 2 N–H and O–H groups in total. The smallest absolute Gasteiger partial charge is 0.414 e. The predicted octanol–water partition coefficient (Wildman–Crippen LogP) is 4.50. The molecule has 0 saturated heterocycles. The van der Waals surface area contributed by atoms with E-state index in [0.717, 1.165) is 16.0 Å². The summed E-state index contributed by atoms with van der Waals surface area (Å²) in [6.45, 7) is 0. The summed E-state index contributed by atoms with van der Waals surface area (Å²) in [5, 5.41) is 9.91. The van der Waals surface area contributed by atoms with Gasteiger partial charge in [-0.1, -0.05) is 60.7 Å². The number of amides is 1. The highest BCUT2D eigenvalue weighted by Gasteiger charge is 2.32. The number of imidazole rings is 1. The Kier molecular flexibility index (Phi) is 5.66. The lowest BCUT2D eigenvalue weighted by Gasteiger charge is -2.28. The normalized spacial score (nSPS) is 11.8. The third kappa shape index (κ3) is 4.25. The maximum Gasteiger partial charge on any atom is 0.414 e. The van der Waals surface area contributed by atoms with Crippen LogP contribution < -0.4 is 4.90 Å². The molecule has 7 nitrogen and oxygen atoms in total. The molecule has 0 bridgehead atoms. The van der Waals surface area contributed by atoms with Gasteiger partial charge in [0.2, 0.25) is 0 Å². The second-order valence-electron chi connectivity index (χ2n) is 7.04. The van der Waals surface area contributed by atoms with Gasteiger partial charge in [0.05, 0.1) is 23.8 Å². The molecule has 31 heavy (non-hydrogen) atoms. The summed E-state index contributed by atoms with van der Waals surface area (Å²) in [6.07, 6.45) is -0.604. The Morgan fingerprint density at radius 3 is 2.35 bits per heavy atom. The van der Waals surface area contributed by atoms with E-state index in [-0.39, 0.29) is 6.42 Å². The zero-order valence-corrected chi connectivity index (χ0v) is 16.9. The van der Waals surface area contributed by atoms with Gasteiger partial charge in [-0.25, -0.2) is 14.6 Å². The lowest BCUT2D eigenvalue weighted by Crippen LogP contribution is -2.46. The minimum Gasteiger partial charge on any atom is -0.480 e. The first-order valence-corrected chi connectivity index (χ1v) is 9.76. The molecule has 0 aliphatic carbocycles. The zero-order valence-electron chi connectivity index (χ0n) is 16.9. The van der Waals surface area contributed by atoms with E-state index in [1.807, 2.05) is 60.7 Å². The summed E-state index contributed by atoms with van der Waals surface area (Å²) in [6, 6.07) is 22.9. The van der Waals surface area contributed by atoms with E-state index in [1.165, 1.54) is 7.11 Å². The summed E-state index contributed by atoms with van der Waals surface area (Å²) in [5.41, 5.74) is 3.54. The highest BCUT2D eigenvalue weighted by atomic mass is 16.5. The standard InChI is InChI=1S/C24H21N3O4/c1-31-24(30)27(21(23(28)29)14-16-8-4-2-5-9-16)18-12-13-19-20(15-18)26-22(25-19)17-10-6-3-7-11-17/h2-13,15,21H,14H2,1H3,(H,25,26)(H,28,29)/t21-/m1/s1. The van der Waals surface area contributed by atoms with Crippen molar-refractivity contribution in [2.75, 3.05) is 12.0 Å². The fourth-order valence-electron chi connectivity index (χ4n) is 3.52. The molecular formula is C24H21N3O4. The van der Waals surface area contributed by atoms with Crippen LogP contribution in [0.25, 0.3) is 22.4 Å². The number of fused-ring (bicyclic) bond motifs is 1. The van der Waals surface area contributed by atoms with Gasteiger partial charge in [-0.2, -0.15) is 0 Å². The molecule has 3 aromatic carbocycles. The van der Waals surface area contributed by atoms with Crippen molar-refractivity contribution in [3.63, 3.8) is 0 Å². The van der Waals surface area contributed by atoms with Crippen molar-refractivity contribution in [2.24, 2.45) is 0 Å². The van der Waals surface area contributed by atoms with Crippen molar-refractivity contribution in [3.8, 4) is 11.4 Å². The number of aromatic nitrogens is 2. The highest BCUT2D eigenvalue weighted by molar-refractivity contribution is 5.97. The second kappa shape index (κ2) is 8.71. The molecule has 1 aromatic heterocycles. The summed E-state index contributed by atoms with van der Waals surface area (Å²) in [7, 11) is 1.24. The Hall–Kier alpha value is -4.13. The zero-order chi connectivity index (χ0) is 21.8. The number of nitrogens with one attached hydrogen (secondary N) is 1. The molecule has 1 heterocycles. The average molecular weight is 415 g/mol. The van der Waals surface area contributed by atoms with Crippen LogP contribution in [0, 0.1) is 0 Å². The van der Waals surface area contributed by atoms with Gasteiger partial charge < -0.3 is 14.8 Å². The number of benzene rings is 3. The number of hydrogen-bond donors (Lipinski definition) is 2. The van der Waals surface area contributed by atoms with Gasteiger partial charge in [0.15, 0.2) is 0 Å². The monoisotopic (exact) mass is 415 g/mol. The van der Waals surface area contributed by atoms with Gasteiger partial charge in [-0.15, -0.1) is 0 Å². The molecule has 0 unspecified atom stereocenters. The molecule has 0 saturated carbocycles. The fraction of sp³-hybridized carbons (Fsp3) is 0.125. The number of aliphatic carboxylic acids is 1. The summed E-state index contributed by atoms with van der Waals surface area (Å²) in [5.74, 6) is -0.430. The molecule has 0 aliphatic rings. The minimum absolute atomic E-state index is 0.140. The number of aromatic amines is 1. The van der Waals surface area contributed by atoms with Crippen LogP contribution in [0.1, 0.15) is 5.56 Å². The van der Waals surface area contributed by atoms with Crippen LogP contribution in [0.15, 0.2) is 78.9 Å². The van der Waals surface area contributed by atoms with Crippen LogP contribution in [0.2, 0.25) is 0 Å². The molecular weight excluding hydrogens is 394 g/mol. The maximum absolute atomic E-state index is 12.6. The summed E-state index contributed by atoms with van der Waals surface area (Å²) >= 11 is 0. The Morgan fingerprint density at radius 1 is 1.03 bits per heavy atom. The number of H-pyrrole nitrogens is 1. The second-order valence-corrected chi connectivity index (χ2v) is 7.04. The summed E-state index contributed by atoms with van der Waals surface area (Å²) in [4.78, 5) is 33.7. The maximum atomic E-state index is 12.6. The van der Waals surface area contributed by atoms with Crippen LogP contribution in [-0.4, -0.2) is 40.3 Å². The molecule has 4 aromatic rings. The third-order valence-electron chi connectivity index (χ3n) is 5.03. The molecule has 0 fully saturated rings. The fourth-order valence-corrected chi connectivity index (χ4v) is 3.52. The SMILES string of the molecule is COC(=O)N(c1ccc2nc(-c3ccccc3)[nH]c2c1)[C@H](Cc1ccccc1)C(=O)O. The lowest BCUT2D eigenvalue weighted by molar-refractivity contribution is -0.138. The number of anilines is 1. The van der Waals surface area contributed by atoms with Crippen LogP contribution in [0.3, 0.4) is 0 Å². The van der Waals surface area contributed by atoms with Crippen LogP contribution in [0.5, 0.6) is 0 Å². The first kappa shape index (κ1) is 20.2. The minimum atomic E-state index is -1.14. The van der Waals surface area contributed by atoms with Crippen molar-refractivity contribution in [1.82, 2.24) is 9.97 Å². The van der Waals surface area contributed by atoms with Crippen LogP contribution in [0.4, 0.5) is 10.5 Å². The Labute approximate surface area is 178 Å². The number of carboxylic acid groups (broad SMARTS) is 1. The van der Waals surface area contributed by atoms with Crippen molar-refractivity contribution < 1.29 is 19.4 Å². The molecule has 4 rings (SSSR count). The number of nitrogens with zero attached hydrogens (tertiary/aromatic N) is 2. The van der Waals surface area contributed by atoms with Gasteiger partial charge in [0.1, 0.15) is 11.9 Å². The number of carbonyl (C=O) groups is 2. The molecule has 1 atom stereocenters. The molecule has 0 spiro atoms. The van der Waals surface area contributed by atoms with E-state index in [9.17, 15) is 14.7 Å². The van der Waals surface area contributed by atoms with Crippen LogP contribution in [-0.2, 0) is 16.0 Å². The summed E-state index contributed by atoms with van der Waals surface area (Å²) < 4.78 is 4.92. The topological polar surface area (TPSA) is 95.5 Å². The van der Waals surface area contributed by atoms with Gasteiger partial charge >= 0.3 is 12.1 Å². The Morgan fingerprint density at radius 2 is 1.71 bits per heavy atom. The van der Waals surface area contributed by atoms with E-state index in [4.69, 9.17) is 4.74 Å². The Bertz CT molecular complexity index is 1210. The number of hydrogen-bond acceptors (Lipinski definition) is 4. The Balaban J connectivity index is 1.74. The van der Waals surface area contributed by atoms with E-state index in [2.05, 4.69) is 9.97 Å². The van der Waals surface area contributed by atoms with Crippen molar-refractivity contribution in [2.45, 2.75) is 12.5 Å². The molecule has 7 heteroatoms.